The number of hydrogen-bond donors (Lipinski definition) is 0. The van der Waals surface area contributed by atoms with Crippen LogP contribution in [0.2, 0.25) is 0 Å². The first-order valence-corrected chi connectivity index (χ1v) is 5.96. The van der Waals surface area contributed by atoms with Crippen molar-refractivity contribution in [3.63, 3.8) is 0 Å². The molecule has 17 heavy (non-hydrogen) atoms. The minimum Gasteiger partial charge on any atom is -0.303 e. The largest absolute Gasteiger partial charge is 0.303 e. The molecule has 0 heterocycles. The summed E-state index contributed by atoms with van der Waals surface area (Å²) >= 11 is 0. The predicted molar refractivity (Wildman–Crippen MR) is 75.3 cm³/mol. The molecule has 0 fully saturated rings. The average Bonchev–Trinajstić information content (AvgIpc) is 2.25. The maximum absolute atomic E-state index is 4.61. The second-order valence-corrected chi connectivity index (χ2v) is 4.76. The fourth-order valence-corrected chi connectivity index (χ4v) is 1.88. The molecule has 92 valence electrons. The summed E-state index contributed by atoms with van der Waals surface area (Å²) in [5.74, 6) is 0.386. The van der Waals surface area contributed by atoms with Gasteiger partial charge in [0.05, 0.1) is 5.71 Å². The third kappa shape index (κ3) is 4.43. The fourth-order valence-electron chi connectivity index (χ4n) is 1.88. The number of allylic oxidation sites excluding steroid dienone is 1. The molecule has 1 atom stereocenters. The number of rotatable bonds is 5. The lowest BCUT2D eigenvalue weighted by Gasteiger charge is -2.17. The SMILES string of the molecule is C=C(C)CC(C)/C(=N\N(C)C)c1ccccc1. The minimum atomic E-state index is 0.386. The van der Waals surface area contributed by atoms with Crippen molar-refractivity contribution in [2.75, 3.05) is 14.1 Å². The van der Waals surface area contributed by atoms with Crippen molar-refractivity contribution in [3.8, 4) is 0 Å². The number of nitrogens with zero attached hydrogens (tertiary/aromatic N) is 2. The van der Waals surface area contributed by atoms with Crippen LogP contribution in [0.5, 0.6) is 0 Å². The maximum Gasteiger partial charge on any atom is 0.0708 e. The summed E-state index contributed by atoms with van der Waals surface area (Å²) in [6.07, 6.45) is 0.974. The van der Waals surface area contributed by atoms with E-state index in [9.17, 15) is 0 Å². The van der Waals surface area contributed by atoms with Crippen molar-refractivity contribution in [2.45, 2.75) is 20.3 Å². The summed E-state index contributed by atoms with van der Waals surface area (Å²) in [6.45, 7) is 8.24. The van der Waals surface area contributed by atoms with E-state index in [1.165, 1.54) is 11.1 Å². The zero-order chi connectivity index (χ0) is 12.8. The van der Waals surface area contributed by atoms with Crippen molar-refractivity contribution in [2.24, 2.45) is 11.0 Å². The second-order valence-electron chi connectivity index (χ2n) is 4.76. The van der Waals surface area contributed by atoms with Crippen LogP contribution in [0.3, 0.4) is 0 Å². The molecular weight excluding hydrogens is 208 g/mol. The van der Waals surface area contributed by atoms with Gasteiger partial charge in [0.1, 0.15) is 0 Å². The highest BCUT2D eigenvalue weighted by molar-refractivity contribution is 6.02. The van der Waals surface area contributed by atoms with Gasteiger partial charge in [-0.3, -0.25) is 0 Å². The van der Waals surface area contributed by atoms with E-state index in [0.717, 1.165) is 12.1 Å². The van der Waals surface area contributed by atoms with Gasteiger partial charge in [-0.1, -0.05) is 42.8 Å². The molecule has 0 bridgehead atoms. The third-order valence-electron chi connectivity index (χ3n) is 2.50. The molecule has 0 spiro atoms. The van der Waals surface area contributed by atoms with Gasteiger partial charge < -0.3 is 5.01 Å². The molecule has 0 aliphatic heterocycles. The van der Waals surface area contributed by atoms with Gasteiger partial charge in [0, 0.05) is 20.0 Å². The van der Waals surface area contributed by atoms with Crippen LogP contribution in [0, 0.1) is 5.92 Å². The molecule has 2 nitrogen and oxygen atoms in total. The highest BCUT2D eigenvalue weighted by Gasteiger charge is 2.13. The van der Waals surface area contributed by atoms with Crippen molar-refractivity contribution >= 4 is 5.71 Å². The van der Waals surface area contributed by atoms with Crippen LogP contribution in [0.25, 0.3) is 0 Å². The van der Waals surface area contributed by atoms with Gasteiger partial charge in [0.15, 0.2) is 0 Å². The lowest BCUT2D eigenvalue weighted by atomic mass is 9.93. The number of hydrogen-bond acceptors (Lipinski definition) is 2. The van der Waals surface area contributed by atoms with Crippen LogP contribution in [0.4, 0.5) is 0 Å². The van der Waals surface area contributed by atoms with E-state index in [4.69, 9.17) is 0 Å². The quantitative estimate of drug-likeness (QED) is 0.429. The number of hydrazone groups is 1. The zero-order valence-electron chi connectivity index (χ0n) is 11.3. The molecule has 0 radical (unpaired) electrons. The molecule has 1 aromatic carbocycles. The van der Waals surface area contributed by atoms with Crippen molar-refractivity contribution in [1.82, 2.24) is 5.01 Å². The lowest BCUT2D eigenvalue weighted by molar-refractivity contribution is 0.433. The van der Waals surface area contributed by atoms with Crippen LogP contribution in [0.15, 0.2) is 47.6 Å². The highest BCUT2D eigenvalue weighted by Crippen LogP contribution is 2.17. The van der Waals surface area contributed by atoms with Crippen LogP contribution in [-0.2, 0) is 0 Å². The molecular formula is C15H22N2. The Morgan fingerprint density at radius 2 is 1.88 bits per heavy atom. The molecule has 0 N–H and O–H groups in total. The van der Waals surface area contributed by atoms with Crippen LogP contribution >= 0.6 is 0 Å². The molecule has 1 aromatic rings. The topological polar surface area (TPSA) is 15.6 Å². The molecule has 1 rings (SSSR count). The monoisotopic (exact) mass is 230 g/mol. The lowest BCUT2D eigenvalue weighted by Crippen LogP contribution is -2.17. The molecule has 0 aromatic heterocycles. The molecule has 1 unspecified atom stereocenters. The Bertz CT molecular complexity index is 391. The van der Waals surface area contributed by atoms with Gasteiger partial charge in [-0.2, -0.15) is 5.10 Å². The summed E-state index contributed by atoms with van der Waals surface area (Å²) in [5.41, 5.74) is 3.51. The standard InChI is InChI=1S/C15H22N2/c1-12(2)11-13(3)15(16-17(4)5)14-9-7-6-8-10-14/h6-10,13H,1,11H2,2-5H3/b16-15+. The first-order chi connectivity index (χ1) is 8.00. The summed E-state index contributed by atoms with van der Waals surface area (Å²) in [6, 6.07) is 10.3. The molecule has 0 aliphatic rings. The van der Waals surface area contributed by atoms with Crippen molar-refractivity contribution in [1.29, 1.82) is 0 Å². The van der Waals surface area contributed by atoms with Crippen molar-refractivity contribution in [3.05, 3.63) is 48.0 Å². The van der Waals surface area contributed by atoms with Crippen LogP contribution in [0.1, 0.15) is 25.8 Å². The zero-order valence-corrected chi connectivity index (χ0v) is 11.3. The van der Waals surface area contributed by atoms with Gasteiger partial charge in [-0.05, 0) is 18.9 Å². The molecule has 0 saturated heterocycles. The second kappa shape index (κ2) is 6.24. The van der Waals surface area contributed by atoms with Crippen molar-refractivity contribution < 1.29 is 0 Å². The van der Waals surface area contributed by atoms with E-state index >= 15 is 0 Å². The summed E-state index contributed by atoms with van der Waals surface area (Å²) < 4.78 is 0. The highest BCUT2D eigenvalue weighted by atomic mass is 15.4. The van der Waals surface area contributed by atoms with Gasteiger partial charge in [0.2, 0.25) is 0 Å². The Balaban J connectivity index is 3.01. The first kappa shape index (κ1) is 13.5. The van der Waals surface area contributed by atoms with E-state index in [2.05, 4.69) is 37.7 Å². The summed E-state index contributed by atoms with van der Waals surface area (Å²) in [5, 5.41) is 6.47. The minimum absolute atomic E-state index is 0.386. The smallest absolute Gasteiger partial charge is 0.0708 e. The van der Waals surface area contributed by atoms with E-state index in [1.807, 2.05) is 37.3 Å². The fraction of sp³-hybridized carbons (Fsp3) is 0.400. The number of benzene rings is 1. The Morgan fingerprint density at radius 1 is 1.29 bits per heavy atom. The molecule has 0 aliphatic carbocycles. The van der Waals surface area contributed by atoms with Gasteiger partial charge in [-0.25, -0.2) is 0 Å². The molecule has 0 amide bonds. The summed E-state index contributed by atoms with van der Waals surface area (Å²) in [7, 11) is 3.91. The van der Waals surface area contributed by atoms with Crippen LogP contribution < -0.4 is 0 Å². The van der Waals surface area contributed by atoms with Gasteiger partial charge in [0.25, 0.3) is 0 Å². The maximum atomic E-state index is 4.61. The Hall–Kier alpha value is -1.57. The molecule has 0 saturated carbocycles. The summed E-state index contributed by atoms with van der Waals surface area (Å²) in [4.78, 5) is 0. The normalized spacial score (nSPS) is 13.3. The van der Waals surface area contributed by atoms with E-state index in [0.29, 0.717) is 5.92 Å². The average molecular weight is 230 g/mol. The molecule has 2 heteroatoms. The van der Waals surface area contributed by atoms with Gasteiger partial charge >= 0.3 is 0 Å². The van der Waals surface area contributed by atoms with Gasteiger partial charge in [-0.15, -0.1) is 6.58 Å². The predicted octanol–water partition coefficient (Wildman–Crippen LogP) is 3.55. The van der Waals surface area contributed by atoms with E-state index in [-0.39, 0.29) is 0 Å². The van der Waals surface area contributed by atoms with Crippen LogP contribution in [-0.4, -0.2) is 24.8 Å². The third-order valence-corrected chi connectivity index (χ3v) is 2.50. The Kier molecular flexibility index (Phi) is 4.95. The Labute approximate surface area is 105 Å². The van der Waals surface area contributed by atoms with E-state index < -0.39 is 0 Å². The first-order valence-electron chi connectivity index (χ1n) is 5.96. The Morgan fingerprint density at radius 3 is 2.35 bits per heavy atom. The van der Waals surface area contributed by atoms with E-state index in [1.54, 1.807) is 0 Å².